The van der Waals surface area contributed by atoms with Gasteiger partial charge in [-0.2, -0.15) is 27.1 Å². The summed E-state index contributed by atoms with van der Waals surface area (Å²) in [5, 5.41) is 60.7. The first-order chi connectivity index (χ1) is 28.3. The van der Waals surface area contributed by atoms with Crippen LogP contribution in [0, 0.1) is 0 Å². The standard InChI is InChI=1S/C39H28N6O13S2/c46-33(47)13-7-21-3-1-5-27(15-21)42-44-35-31(59(53,54)55)19-23-17-25(9-11-29(23)37(35)50)40-39(52)41-26-10-12-30-24(18-26)20-32(60(56,57)58)36(38(30)51)45-43-28-6-2-4-22(16-28)8-14-34(48)49/h1-20,50-51H,(H,46,47)(H,48,49)(H2,40,41,52)(H,53,54,55)(H,56,57,58)/b13-7+,14-8+,44-42?,45-43?. The number of hydrogen-bond acceptors (Lipinski definition) is 13. The van der Waals surface area contributed by atoms with Crippen molar-refractivity contribution in [2.45, 2.75) is 9.79 Å². The number of fused-ring (bicyclic) bond motifs is 2. The van der Waals surface area contributed by atoms with Crippen molar-refractivity contribution in [1.82, 2.24) is 0 Å². The Bertz CT molecular complexity index is 2900. The quantitative estimate of drug-likeness (QED) is 0.0325. The topological polar surface area (TPSA) is 314 Å². The summed E-state index contributed by atoms with van der Waals surface area (Å²) >= 11 is 0. The molecule has 6 aromatic rings. The molecule has 2 amide bonds. The van der Waals surface area contributed by atoms with E-state index in [2.05, 4.69) is 31.1 Å². The van der Waals surface area contributed by atoms with Crippen LogP contribution in [0.3, 0.4) is 0 Å². The third kappa shape index (κ3) is 9.99. The SMILES string of the molecule is O=C(O)/C=C/c1cccc(N=Nc2c(S(=O)(=O)O)cc3cc(NC(=O)Nc4ccc5c(O)c(N=Nc6cccc(/C=C/C(=O)O)c6)c(S(=O)(=O)O)cc5c4)ccc3c2O)c1. The van der Waals surface area contributed by atoms with Crippen molar-refractivity contribution in [3.05, 3.63) is 120 Å². The van der Waals surface area contributed by atoms with Crippen LogP contribution in [0.25, 0.3) is 33.7 Å². The summed E-state index contributed by atoms with van der Waals surface area (Å²) in [5.74, 6) is -3.71. The Balaban J connectivity index is 1.25. The fraction of sp³-hybridized carbons (Fsp3) is 0. The first-order valence-corrected chi connectivity index (χ1v) is 19.7. The molecule has 6 rings (SSSR count). The molecule has 21 heteroatoms. The van der Waals surface area contributed by atoms with Crippen molar-refractivity contribution in [2.75, 3.05) is 10.6 Å². The lowest BCUT2D eigenvalue weighted by Gasteiger charge is -2.13. The molecule has 0 saturated carbocycles. The number of phenols is 2. The Hall–Kier alpha value is -7.85. The van der Waals surface area contributed by atoms with Crippen LogP contribution in [0.1, 0.15) is 11.1 Å². The van der Waals surface area contributed by atoms with Gasteiger partial charge in [0, 0.05) is 34.3 Å². The van der Waals surface area contributed by atoms with E-state index in [9.17, 15) is 50.5 Å². The first-order valence-electron chi connectivity index (χ1n) is 16.8. The Labute approximate surface area is 338 Å². The Morgan fingerprint density at radius 1 is 0.533 bits per heavy atom. The molecule has 0 radical (unpaired) electrons. The molecule has 0 heterocycles. The van der Waals surface area contributed by atoms with E-state index in [-0.39, 0.29) is 44.3 Å². The maximum absolute atomic E-state index is 13.1. The number of carboxylic acid groups (broad SMARTS) is 2. The molecule has 0 spiro atoms. The Morgan fingerprint density at radius 2 is 0.933 bits per heavy atom. The zero-order valence-electron chi connectivity index (χ0n) is 30.2. The molecule has 19 nitrogen and oxygen atoms in total. The lowest BCUT2D eigenvalue weighted by atomic mass is 10.1. The highest BCUT2D eigenvalue weighted by Gasteiger charge is 2.24. The van der Waals surface area contributed by atoms with Crippen LogP contribution in [0.5, 0.6) is 11.5 Å². The van der Waals surface area contributed by atoms with Crippen molar-refractivity contribution >= 4 is 106 Å². The summed E-state index contributed by atoms with van der Waals surface area (Å²) in [6.07, 6.45) is 4.39. The third-order valence-electron chi connectivity index (χ3n) is 8.28. The second kappa shape index (κ2) is 16.9. The van der Waals surface area contributed by atoms with Crippen LogP contribution in [0.2, 0.25) is 0 Å². The summed E-state index contributed by atoms with van der Waals surface area (Å²) < 4.78 is 69.6. The van der Waals surface area contributed by atoms with Gasteiger partial charge in [0.05, 0.1) is 11.4 Å². The minimum absolute atomic E-state index is 0.0484. The lowest BCUT2D eigenvalue weighted by Crippen LogP contribution is -2.19. The normalized spacial score (nSPS) is 12.3. The van der Waals surface area contributed by atoms with Crippen LogP contribution in [-0.4, -0.2) is 64.3 Å². The van der Waals surface area contributed by atoms with E-state index in [1.807, 2.05) is 0 Å². The van der Waals surface area contributed by atoms with Gasteiger partial charge in [-0.3, -0.25) is 9.11 Å². The largest absolute Gasteiger partial charge is 0.505 e. The highest BCUT2D eigenvalue weighted by Crippen LogP contribution is 2.43. The van der Waals surface area contributed by atoms with E-state index in [0.717, 1.165) is 24.3 Å². The number of rotatable bonds is 12. The molecular formula is C39H28N6O13S2. The molecule has 0 aromatic heterocycles. The molecular weight excluding hydrogens is 825 g/mol. The minimum Gasteiger partial charge on any atom is -0.505 e. The number of benzene rings is 6. The second-order valence-corrected chi connectivity index (χ2v) is 15.3. The van der Waals surface area contributed by atoms with Gasteiger partial charge < -0.3 is 31.1 Å². The monoisotopic (exact) mass is 852 g/mol. The number of aromatic hydroxyl groups is 2. The molecule has 0 aliphatic heterocycles. The van der Waals surface area contributed by atoms with Gasteiger partial charge >= 0.3 is 18.0 Å². The smallest absolute Gasteiger partial charge is 0.328 e. The van der Waals surface area contributed by atoms with Crippen molar-refractivity contribution in [1.29, 1.82) is 0 Å². The average Bonchev–Trinajstić information content (AvgIpc) is 3.18. The van der Waals surface area contributed by atoms with Gasteiger partial charge in [0.1, 0.15) is 21.2 Å². The van der Waals surface area contributed by atoms with Gasteiger partial charge in [-0.1, -0.05) is 24.3 Å². The number of carbonyl (C=O) groups excluding carboxylic acids is 1. The van der Waals surface area contributed by atoms with E-state index < -0.39 is 70.9 Å². The summed E-state index contributed by atoms with van der Waals surface area (Å²) in [7, 11) is -10.0. The van der Waals surface area contributed by atoms with Gasteiger partial charge in [-0.15, -0.1) is 10.2 Å². The number of nitrogens with one attached hydrogen (secondary N) is 2. The number of amides is 2. The van der Waals surface area contributed by atoms with Crippen LogP contribution in [-0.2, 0) is 29.8 Å². The van der Waals surface area contributed by atoms with E-state index >= 15 is 0 Å². The predicted octanol–water partition coefficient (Wildman–Crippen LogP) is 8.57. The molecule has 60 heavy (non-hydrogen) atoms. The highest BCUT2D eigenvalue weighted by molar-refractivity contribution is 7.86. The molecule has 0 atom stereocenters. The average molecular weight is 853 g/mol. The summed E-state index contributed by atoms with van der Waals surface area (Å²) in [4.78, 5) is 33.2. The molecule has 8 N–H and O–H groups in total. The molecule has 304 valence electrons. The van der Waals surface area contributed by atoms with Crippen molar-refractivity contribution in [2.24, 2.45) is 20.5 Å². The Morgan fingerprint density at radius 3 is 1.30 bits per heavy atom. The zero-order chi connectivity index (χ0) is 43.4. The Kier molecular flexibility index (Phi) is 11.8. The second-order valence-electron chi connectivity index (χ2n) is 12.5. The fourth-order valence-electron chi connectivity index (χ4n) is 5.67. The number of anilines is 2. The van der Waals surface area contributed by atoms with Crippen molar-refractivity contribution < 1.29 is 60.8 Å². The van der Waals surface area contributed by atoms with Crippen LogP contribution in [0.15, 0.2) is 139 Å². The molecule has 0 saturated heterocycles. The molecule has 0 unspecified atom stereocenters. The number of phenolic OH excluding ortho intramolecular Hbond substituents is 2. The van der Waals surface area contributed by atoms with Crippen LogP contribution >= 0.6 is 0 Å². The van der Waals surface area contributed by atoms with E-state index in [1.54, 1.807) is 12.1 Å². The van der Waals surface area contributed by atoms with Gasteiger partial charge in [0.2, 0.25) is 0 Å². The fourth-order valence-corrected chi connectivity index (χ4v) is 6.99. The number of aliphatic carboxylic acids is 2. The van der Waals surface area contributed by atoms with Gasteiger partial charge in [-0.25, -0.2) is 14.4 Å². The zero-order valence-corrected chi connectivity index (χ0v) is 31.8. The van der Waals surface area contributed by atoms with Gasteiger partial charge in [0.25, 0.3) is 20.2 Å². The predicted molar refractivity (Wildman–Crippen MR) is 218 cm³/mol. The maximum atomic E-state index is 13.1. The van der Waals surface area contributed by atoms with Gasteiger partial charge in [-0.05, 0) is 107 Å². The maximum Gasteiger partial charge on any atom is 0.328 e. The highest BCUT2D eigenvalue weighted by atomic mass is 32.2. The molecule has 0 bridgehead atoms. The molecule has 6 aromatic carbocycles. The first kappa shape index (κ1) is 41.8. The summed E-state index contributed by atoms with van der Waals surface area (Å²) in [6, 6.07) is 21.2. The summed E-state index contributed by atoms with van der Waals surface area (Å²) in [6.45, 7) is 0. The van der Waals surface area contributed by atoms with Gasteiger partial charge in [0.15, 0.2) is 11.5 Å². The van der Waals surface area contributed by atoms with Crippen molar-refractivity contribution in [3.63, 3.8) is 0 Å². The lowest BCUT2D eigenvalue weighted by molar-refractivity contribution is -0.132. The van der Waals surface area contributed by atoms with Crippen molar-refractivity contribution in [3.8, 4) is 11.5 Å². The van der Waals surface area contributed by atoms with E-state index in [4.69, 9.17) is 10.2 Å². The number of hydrogen-bond donors (Lipinski definition) is 8. The molecule has 0 fully saturated rings. The molecule has 0 aliphatic carbocycles. The van der Waals surface area contributed by atoms with Crippen LogP contribution < -0.4 is 10.6 Å². The van der Waals surface area contributed by atoms with E-state index in [1.165, 1.54) is 84.9 Å². The molecule has 0 aliphatic rings. The van der Waals surface area contributed by atoms with Crippen LogP contribution in [0.4, 0.5) is 38.9 Å². The third-order valence-corrected chi connectivity index (χ3v) is 10.0. The number of azo groups is 2. The number of carboxylic acids is 2. The number of nitrogens with zero attached hydrogens (tertiary/aromatic N) is 4. The minimum atomic E-state index is -5.00. The summed E-state index contributed by atoms with van der Waals surface area (Å²) in [5.41, 5.74) is 0.187. The number of carbonyl (C=O) groups is 3. The van der Waals surface area contributed by atoms with E-state index in [0.29, 0.717) is 11.1 Å². The number of urea groups is 1.